The number of nitrogens with one attached hydrogen (secondary N) is 1. The molecule has 2 aromatic rings. The van der Waals surface area contributed by atoms with Crippen molar-refractivity contribution in [1.82, 2.24) is 0 Å². The zero-order valence-corrected chi connectivity index (χ0v) is 18.1. The Morgan fingerprint density at radius 3 is 2.37 bits per heavy atom. The summed E-state index contributed by atoms with van der Waals surface area (Å²) in [7, 11) is -2.39. The van der Waals surface area contributed by atoms with E-state index in [2.05, 4.69) is 4.72 Å². The highest BCUT2D eigenvalue weighted by Gasteiger charge is 2.25. The molecule has 1 aliphatic heterocycles. The van der Waals surface area contributed by atoms with E-state index in [1.807, 2.05) is 13.8 Å². The lowest BCUT2D eigenvalue weighted by molar-refractivity contribution is -0.117. The lowest BCUT2D eigenvalue weighted by Gasteiger charge is -2.20. The van der Waals surface area contributed by atoms with E-state index >= 15 is 0 Å². The smallest absolute Gasteiger partial charge is 0.262 e. The molecule has 0 atom stereocenters. The summed E-state index contributed by atoms with van der Waals surface area (Å²) in [6.45, 7) is 5.09. The van der Waals surface area contributed by atoms with E-state index in [4.69, 9.17) is 14.2 Å². The van der Waals surface area contributed by atoms with Crippen LogP contribution in [0.25, 0.3) is 0 Å². The molecule has 1 N–H and O–H groups in total. The van der Waals surface area contributed by atoms with E-state index in [1.54, 1.807) is 29.2 Å². The van der Waals surface area contributed by atoms with Crippen LogP contribution in [0, 0.1) is 0 Å². The number of anilines is 2. The van der Waals surface area contributed by atoms with Crippen LogP contribution < -0.4 is 23.8 Å². The number of sulfonamides is 1. The van der Waals surface area contributed by atoms with E-state index in [0.717, 1.165) is 6.42 Å². The second-order valence-corrected chi connectivity index (χ2v) is 8.30. The Morgan fingerprint density at radius 2 is 1.73 bits per heavy atom. The molecule has 0 aromatic heterocycles. The maximum atomic E-state index is 12.9. The maximum absolute atomic E-state index is 12.9. The summed E-state index contributed by atoms with van der Waals surface area (Å²) in [5.74, 6) is 1.30. The Labute approximate surface area is 176 Å². The summed E-state index contributed by atoms with van der Waals surface area (Å²) in [5.41, 5.74) is 0.955. The fraction of sp³-hybridized carbons (Fsp3) is 0.381. The van der Waals surface area contributed by atoms with Crippen molar-refractivity contribution in [2.75, 3.05) is 36.5 Å². The molecule has 1 heterocycles. The number of nitrogens with zero attached hydrogens (tertiary/aromatic N) is 1. The first kappa shape index (κ1) is 21.8. The molecule has 0 aliphatic carbocycles. The summed E-state index contributed by atoms with van der Waals surface area (Å²) >= 11 is 0. The van der Waals surface area contributed by atoms with Gasteiger partial charge in [-0.3, -0.25) is 9.52 Å². The Morgan fingerprint density at radius 1 is 1.00 bits per heavy atom. The molecule has 162 valence electrons. The zero-order valence-electron chi connectivity index (χ0n) is 17.3. The van der Waals surface area contributed by atoms with E-state index < -0.39 is 10.0 Å². The van der Waals surface area contributed by atoms with E-state index in [-0.39, 0.29) is 10.8 Å². The van der Waals surface area contributed by atoms with Crippen molar-refractivity contribution in [3.63, 3.8) is 0 Å². The van der Waals surface area contributed by atoms with Crippen molar-refractivity contribution in [3.8, 4) is 17.2 Å². The van der Waals surface area contributed by atoms with Crippen LogP contribution in [0.5, 0.6) is 17.2 Å². The largest absolute Gasteiger partial charge is 0.494 e. The molecule has 0 saturated carbocycles. The molecule has 1 saturated heterocycles. The maximum Gasteiger partial charge on any atom is 0.262 e. The van der Waals surface area contributed by atoms with Gasteiger partial charge < -0.3 is 19.1 Å². The van der Waals surface area contributed by atoms with Crippen molar-refractivity contribution in [2.24, 2.45) is 0 Å². The number of methoxy groups -OCH3 is 1. The van der Waals surface area contributed by atoms with Gasteiger partial charge in [0.05, 0.1) is 36.6 Å². The summed E-state index contributed by atoms with van der Waals surface area (Å²) in [6.07, 6.45) is 1.29. The Kier molecular flexibility index (Phi) is 6.71. The minimum atomic E-state index is -3.88. The highest BCUT2D eigenvalue weighted by molar-refractivity contribution is 7.92. The van der Waals surface area contributed by atoms with Gasteiger partial charge in [-0.2, -0.15) is 0 Å². The van der Waals surface area contributed by atoms with Crippen LogP contribution in [0.4, 0.5) is 11.4 Å². The number of amides is 1. The number of hydrogen-bond acceptors (Lipinski definition) is 6. The van der Waals surface area contributed by atoms with Gasteiger partial charge >= 0.3 is 0 Å². The molecule has 2 aromatic carbocycles. The van der Waals surface area contributed by atoms with E-state index in [9.17, 15) is 13.2 Å². The monoisotopic (exact) mass is 434 g/mol. The van der Waals surface area contributed by atoms with Gasteiger partial charge in [-0.1, -0.05) is 0 Å². The standard InChI is InChI=1S/C21H26N2O6S/c1-4-28-18-11-9-16(14-20(18)29-5-2)30(25,26)22-15-8-10-17(19(13-15)27-3)23-12-6-7-21(23)24/h8-11,13-14,22H,4-7,12H2,1-3H3. The second-order valence-electron chi connectivity index (χ2n) is 6.62. The van der Waals surface area contributed by atoms with Crippen LogP contribution in [-0.2, 0) is 14.8 Å². The molecule has 1 amide bonds. The lowest BCUT2D eigenvalue weighted by Crippen LogP contribution is -2.24. The van der Waals surface area contributed by atoms with Crippen molar-refractivity contribution < 1.29 is 27.4 Å². The molecule has 0 spiro atoms. The number of hydrogen-bond donors (Lipinski definition) is 1. The third kappa shape index (κ3) is 4.62. The molecule has 1 fully saturated rings. The fourth-order valence-electron chi connectivity index (χ4n) is 3.28. The van der Waals surface area contributed by atoms with Crippen LogP contribution in [-0.4, -0.2) is 41.2 Å². The van der Waals surface area contributed by atoms with Gasteiger partial charge in [-0.25, -0.2) is 8.42 Å². The fourth-order valence-corrected chi connectivity index (χ4v) is 4.34. The Balaban J connectivity index is 1.88. The first-order chi connectivity index (χ1) is 14.4. The third-order valence-corrected chi connectivity index (χ3v) is 6.00. The van der Waals surface area contributed by atoms with Gasteiger partial charge in [-0.05, 0) is 44.5 Å². The van der Waals surface area contributed by atoms with Gasteiger partial charge in [0.15, 0.2) is 11.5 Å². The highest BCUT2D eigenvalue weighted by atomic mass is 32.2. The number of carbonyl (C=O) groups excluding carboxylic acids is 1. The molecule has 3 rings (SSSR count). The zero-order chi connectivity index (χ0) is 21.7. The Bertz CT molecular complexity index is 1020. The van der Waals surface area contributed by atoms with Crippen LogP contribution in [0.15, 0.2) is 41.3 Å². The number of benzene rings is 2. The SMILES string of the molecule is CCOc1ccc(S(=O)(=O)Nc2ccc(N3CCCC3=O)c(OC)c2)cc1OCC. The second kappa shape index (κ2) is 9.25. The predicted molar refractivity (Wildman–Crippen MR) is 114 cm³/mol. The van der Waals surface area contributed by atoms with Crippen LogP contribution in [0.1, 0.15) is 26.7 Å². The summed E-state index contributed by atoms with van der Waals surface area (Å²) < 4.78 is 44.8. The van der Waals surface area contributed by atoms with Crippen LogP contribution >= 0.6 is 0 Å². The lowest BCUT2D eigenvalue weighted by atomic mass is 10.2. The summed E-state index contributed by atoms with van der Waals surface area (Å²) in [5, 5.41) is 0. The van der Waals surface area contributed by atoms with Crippen LogP contribution in [0.3, 0.4) is 0 Å². The number of rotatable bonds is 9. The van der Waals surface area contributed by atoms with Crippen LogP contribution in [0.2, 0.25) is 0 Å². The first-order valence-corrected chi connectivity index (χ1v) is 11.3. The normalized spacial score (nSPS) is 14.0. The number of ether oxygens (including phenoxy) is 3. The third-order valence-electron chi connectivity index (χ3n) is 4.62. The summed E-state index contributed by atoms with van der Waals surface area (Å²) in [4.78, 5) is 13.7. The summed E-state index contributed by atoms with van der Waals surface area (Å²) in [6, 6.07) is 9.33. The Hall–Kier alpha value is -2.94. The van der Waals surface area contributed by atoms with Gasteiger partial charge in [0.1, 0.15) is 5.75 Å². The average molecular weight is 435 g/mol. The molecule has 0 unspecified atom stereocenters. The van der Waals surface area contributed by atoms with E-state index in [1.165, 1.54) is 19.2 Å². The van der Waals surface area contributed by atoms with Crippen molar-refractivity contribution >= 4 is 27.3 Å². The van der Waals surface area contributed by atoms with Gasteiger partial charge in [0.2, 0.25) is 5.91 Å². The minimum absolute atomic E-state index is 0.0273. The molecular formula is C21H26N2O6S. The van der Waals surface area contributed by atoms with Crippen molar-refractivity contribution in [2.45, 2.75) is 31.6 Å². The molecule has 9 heteroatoms. The minimum Gasteiger partial charge on any atom is -0.494 e. The molecular weight excluding hydrogens is 408 g/mol. The molecule has 0 bridgehead atoms. The van der Waals surface area contributed by atoms with Crippen molar-refractivity contribution in [3.05, 3.63) is 36.4 Å². The molecule has 30 heavy (non-hydrogen) atoms. The highest BCUT2D eigenvalue weighted by Crippen LogP contribution is 2.35. The topological polar surface area (TPSA) is 94.2 Å². The average Bonchev–Trinajstić information content (AvgIpc) is 3.15. The molecule has 1 aliphatic rings. The number of carbonyl (C=O) groups is 1. The van der Waals surface area contributed by atoms with Crippen molar-refractivity contribution in [1.29, 1.82) is 0 Å². The molecule has 8 nitrogen and oxygen atoms in total. The van der Waals surface area contributed by atoms with Gasteiger partial charge in [-0.15, -0.1) is 0 Å². The quantitative estimate of drug-likeness (QED) is 0.650. The van der Waals surface area contributed by atoms with Gasteiger partial charge in [0, 0.05) is 25.1 Å². The van der Waals surface area contributed by atoms with Gasteiger partial charge in [0.25, 0.3) is 10.0 Å². The predicted octanol–water partition coefficient (Wildman–Crippen LogP) is 3.42. The molecule has 0 radical (unpaired) electrons. The van der Waals surface area contributed by atoms with E-state index in [0.29, 0.717) is 54.8 Å². The first-order valence-electron chi connectivity index (χ1n) is 9.80.